The monoisotopic (exact) mass is 849 g/mol. The number of esters is 3. The van der Waals surface area contributed by atoms with Crippen LogP contribution in [0.5, 0.6) is 0 Å². The van der Waals surface area contributed by atoms with E-state index in [0.29, 0.717) is 19.3 Å². The molecule has 348 valence electrons. The lowest BCUT2D eigenvalue weighted by Crippen LogP contribution is -2.30. The lowest BCUT2D eigenvalue weighted by atomic mass is 10.0. The highest BCUT2D eigenvalue weighted by atomic mass is 16.6. The fourth-order valence-electron chi connectivity index (χ4n) is 6.70. The maximum Gasteiger partial charge on any atom is 0.306 e. The van der Waals surface area contributed by atoms with Crippen molar-refractivity contribution in [2.24, 2.45) is 0 Å². The van der Waals surface area contributed by atoms with E-state index in [0.717, 1.165) is 89.9 Å². The minimum Gasteiger partial charge on any atom is -0.462 e. The number of carbonyl (C=O) groups excluding carboxylic acids is 3. The van der Waals surface area contributed by atoms with Gasteiger partial charge >= 0.3 is 17.9 Å². The summed E-state index contributed by atoms with van der Waals surface area (Å²) >= 11 is 0. The third-order valence-electron chi connectivity index (χ3n) is 10.4. The van der Waals surface area contributed by atoms with Crippen LogP contribution >= 0.6 is 0 Å². The van der Waals surface area contributed by atoms with Crippen molar-refractivity contribution in [2.45, 2.75) is 232 Å². The topological polar surface area (TPSA) is 78.9 Å². The summed E-state index contributed by atoms with van der Waals surface area (Å²) < 4.78 is 16.7. The van der Waals surface area contributed by atoms with Crippen molar-refractivity contribution in [3.05, 3.63) is 85.1 Å². The fourth-order valence-corrected chi connectivity index (χ4v) is 6.70. The largest absolute Gasteiger partial charge is 0.462 e. The van der Waals surface area contributed by atoms with E-state index in [9.17, 15) is 14.4 Å². The van der Waals surface area contributed by atoms with Crippen molar-refractivity contribution in [2.75, 3.05) is 13.2 Å². The molecule has 0 aliphatic rings. The Labute approximate surface area is 375 Å². The maximum absolute atomic E-state index is 12.7. The second kappa shape index (κ2) is 49.2. The van der Waals surface area contributed by atoms with Gasteiger partial charge in [-0.05, 0) is 77.0 Å². The summed E-state index contributed by atoms with van der Waals surface area (Å²) in [6, 6.07) is 0. The molecule has 0 spiro atoms. The summed E-state index contributed by atoms with van der Waals surface area (Å²) in [5, 5.41) is 0. The first-order valence-electron chi connectivity index (χ1n) is 25.1. The van der Waals surface area contributed by atoms with Gasteiger partial charge in [0, 0.05) is 19.3 Å². The normalized spacial score (nSPS) is 12.8. The van der Waals surface area contributed by atoms with Crippen molar-refractivity contribution < 1.29 is 28.6 Å². The average molecular weight is 849 g/mol. The van der Waals surface area contributed by atoms with Crippen molar-refractivity contribution in [1.82, 2.24) is 0 Å². The Hall–Kier alpha value is -3.41. The molecule has 61 heavy (non-hydrogen) atoms. The first kappa shape index (κ1) is 57.6. The minimum absolute atomic E-state index is 0.113. The van der Waals surface area contributed by atoms with E-state index in [4.69, 9.17) is 14.2 Å². The third kappa shape index (κ3) is 47.5. The van der Waals surface area contributed by atoms with Crippen LogP contribution in [0.1, 0.15) is 226 Å². The van der Waals surface area contributed by atoms with Gasteiger partial charge in [0.15, 0.2) is 6.10 Å². The molecule has 0 aromatic carbocycles. The number of hydrogen-bond acceptors (Lipinski definition) is 6. The molecule has 0 radical (unpaired) electrons. The Kier molecular flexibility index (Phi) is 46.5. The zero-order valence-corrected chi connectivity index (χ0v) is 39.7. The van der Waals surface area contributed by atoms with Crippen molar-refractivity contribution in [3.8, 4) is 0 Å². The highest BCUT2D eigenvalue weighted by Crippen LogP contribution is 2.15. The number of hydrogen-bond donors (Lipinski definition) is 0. The van der Waals surface area contributed by atoms with Crippen LogP contribution in [0.15, 0.2) is 85.1 Å². The zero-order chi connectivity index (χ0) is 44.4. The van der Waals surface area contributed by atoms with E-state index < -0.39 is 12.1 Å². The Bertz CT molecular complexity index is 1200. The molecule has 0 heterocycles. The minimum atomic E-state index is -0.824. The molecular weight excluding hydrogens is 757 g/mol. The average Bonchev–Trinajstić information content (AvgIpc) is 3.26. The lowest BCUT2D eigenvalue weighted by molar-refractivity contribution is -0.166. The Balaban J connectivity index is 4.46. The van der Waals surface area contributed by atoms with Crippen LogP contribution in [0.4, 0.5) is 0 Å². The van der Waals surface area contributed by atoms with Crippen LogP contribution in [-0.2, 0) is 28.6 Å². The lowest BCUT2D eigenvalue weighted by Gasteiger charge is -2.18. The van der Waals surface area contributed by atoms with Gasteiger partial charge in [-0.25, -0.2) is 0 Å². The first-order valence-corrected chi connectivity index (χ1v) is 25.1. The summed E-state index contributed by atoms with van der Waals surface area (Å²) in [5.41, 5.74) is 0. The standard InChI is InChI=1S/C55H92O6/c1-4-7-10-13-16-19-22-25-26-27-28-31-33-36-39-42-45-48-54(57)60-51-52(61-55(58)49-46-43-40-37-34-30-24-21-18-15-12-9-6-3)50-59-53(56)47-44-41-38-35-32-29-23-20-17-14-11-8-5-2/h8-9,11-12,17-18,20-21,29-30,32,34,40,43,52H,4-7,10,13-16,19,22-28,31,33,35-39,41-42,44-51H2,1-3H3/b11-8-,12-9-,20-17-,21-18-,32-29-,34-30-,43-40-. The molecule has 0 N–H and O–H groups in total. The van der Waals surface area contributed by atoms with Gasteiger partial charge in [-0.2, -0.15) is 0 Å². The molecule has 0 aliphatic carbocycles. The van der Waals surface area contributed by atoms with Crippen LogP contribution in [0.3, 0.4) is 0 Å². The van der Waals surface area contributed by atoms with E-state index >= 15 is 0 Å². The molecule has 6 nitrogen and oxygen atoms in total. The van der Waals surface area contributed by atoms with Crippen molar-refractivity contribution in [3.63, 3.8) is 0 Å². The van der Waals surface area contributed by atoms with Gasteiger partial charge in [0.2, 0.25) is 0 Å². The highest BCUT2D eigenvalue weighted by molar-refractivity contribution is 5.71. The van der Waals surface area contributed by atoms with Crippen molar-refractivity contribution in [1.29, 1.82) is 0 Å². The fraction of sp³-hybridized carbons (Fsp3) is 0.691. The van der Waals surface area contributed by atoms with Crippen LogP contribution in [-0.4, -0.2) is 37.2 Å². The van der Waals surface area contributed by atoms with Gasteiger partial charge in [-0.15, -0.1) is 0 Å². The van der Waals surface area contributed by atoms with E-state index in [1.807, 2.05) is 12.2 Å². The molecule has 0 saturated carbocycles. The molecule has 1 atom stereocenters. The molecule has 0 aromatic rings. The molecule has 0 aromatic heterocycles. The van der Waals surface area contributed by atoms with Crippen LogP contribution in [0, 0.1) is 0 Å². The molecule has 0 aliphatic heterocycles. The van der Waals surface area contributed by atoms with E-state index in [1.165, 1.54) is 89.9 Å². The number of unbranched alkanes of at least 4 members (excludes halogenated alkanes) is 19. The zero-order valence-electron chi connectivity index (χ0n) is 39.7. The van der Waals surface area contributed by atoms with Crippen LogP contribution in [0.2, 0.25) is 0 Å². The first-order chi connectivity index (χ1) is 30.0. The van der Waals surface area contributed by atoms with Gasteiger partial charge in [0.25, 0.3) is 0 Å². The predicted molar refractivity (Wildman–Crippen MR) is 261 cm³/mol. The molecule has 6 heteroatoms. The smallest absolute Gasteiger partial charge is 0.306 e. The van der Waals surface area contributed by atoms with Crippen LogP contribution < -0.4 is 0 Å². The Morgan fingerprint density at radius 1 is 0.344 bits per heavy atom. The number of allylic oxidation sites excluding steroid dienone is 14. The number of rotatable bonds is 44. The van der Waals surface area contributed by atoms with Gasteiger partial charge in [0.1, 0.15) is 13.2 Å². The summed E-state index contributed by atoms with van der Waals surface area (Å²) in [6.07, 6.45) is 63.0. The van der Waals surface area contributed by atoms with Gasteiger partial charge in [-0.1, -0.05) is 215 Å². The predicted octanol–water partition coefficient (Wildman–Crippen LogP) is 16.4. The van der Waals surface area contributed by atoms with Gasteiger partial charge < -0.3 is 14.2 Å². The van der Waals surface area contributed by atoms with Gasteiger partial charge in [0.05, 0.1) is 0 Å². The SMILES string of the molecule is CC/C=C\C/C=C\C/C=C\C/C=C\CCC(=O)OC(COC(=O)CCCCC/C=C\C/C=C\C/C=C\CC)COC(=O)CCCCCCCCCCCCCCCCCCC. The summed E-state index contributed by atoms with van der Waals surface area (Å²) in [7, 11) is 0. The van der Waals surface area contributed by atoms with E-state index in [2.05, 4.69) is 93.7 Å². The Morgan fingerprint density at radius 2 is 0.672 bits per heavy atom. The number of ether oxygens (including phenoxy) is 3. The second-order valence-electron chi connectivity index (χ2n) is 16.3. The maximum atomic E-state index is 12.7. The molecule has 0 rings (SSSR count). The number of carbonyl (C=O) groups is 3. The molecule has 0 fully saturated rings. The van der Waals surface area contributed by atoms with Crippen LogP contribution in [0.25, 0.3) is 0 Å². The summed E-state index contributed by atoms with van der Waals surface area (Å²) in [5.74, 6) is -1.03. The quantitative estimate of drug-likeness (QED) is 0.0263. The van der Waals surface area contributed by atoms with E-state index in [-0.39, 0.29) is 31.6 Å². The molecular formula is C55H92O6. The molecule has 0 bridgehead atoms. The third-order valence-corrected chi connectivity index (χ3v) is 10.4. The van der Waals surface area contributed by atoms with Gasteiger partial charge in [-0.3, -0.25) is 14.4 Å². The Morgan fingerprint density at radius 3 is 1.07 bits per heavy atom. The molecule has 0 amide bonds. The van der Waals surface area contributed by atoms with E-state index in [1.54, 1.807) is 0 Å². The molecule has 1 unspecified atom stereocenters. The summed E-state index contributed by atoms with van der Waals surface area (Å²) in [6.45, 7) is 6.32. The van der Waals surface area contributed by atoms with Crippen molar-refractivity contribution >= 4 is 17.9 Å². The molecule has 0 saturated heterocycles. The highest BCUT2D eigenvalue weighted by Gasteiger charge is 2.19. The second-order valence-corrected chi connectivity index (χ2v) is 16.3. The summed E-state index contributed by atoms with van der Waals surface area (Å²) in [4.78, 5) is 37.9.